The highest BCUT2D eigenvalue weighted by Gasteiger charge is 2.07. The summed E-state index contributed by atoms with van der Waals surface area (Å²) in [7, 11) is 0. The van der Waals surface area contributed by atoms with Gasteiger partial charge in [-0.1, -0.05) is 18.6 Å². The molecule has 0 amide bonds. The van der Waals surface area contributed by atoms with Gasteiger partial charge in [-0.3, -0.25) is 0 Å². The maximum Gasteiger partial charge on any atom is 0.0296 e. The first-order valence-electron chi connectivity index (χ1n) is 3.96. The van der Waals surface area contributed by atoms with Crippen molar-refractivity contribution < 1.29 is 0 Å². The van der Waals surface area contributed by atoms with Gasteiger partial charge in [0, 0.05) is 6.42 Å². The van der Waals surface area contributed by atoms with Crippen molar-refractivity contribution in [1.82, 2.24) is 0 Å². The van der Waals surface area contributed by atoms with Crippen LogP contribution in [0.2, 0.25) is 0 Å². The Balaban J connectivity index is 2.50. The summed E-state index contributed by atoms with van der Waals surface area (Å²) in [4.78, 5) is 0. The van der Waals surface area contributed by atoms with Crippen molar-refractivity contribution in [3.05, 3.63) is 11.6 Å². The number of allylic oxidation sites excluding steroid dienone is 2. The number of terminal acetylenes is 1. The van der Waals surface area contributed by atoms with Crippen molar-refractivity contribution in [2.24, 2.45) is 5.92 Å². The third-order valence-electron chi connectivity index (χ3n) is 2.01. The van der Waals surface area contributed by atoms with Crippen molar-refractivity contribution in [3.8, 4) is 12.3 Å². The van der Waals surface area contributed by atoms with Gasteiger partial charge in [0.2, 0.25) is 0 Å². The number of hydrogen-bond acceptors (Lipinski definition) is 0. The lowest BCUT2D eigenvalue weighted by molar-refractivity contribution is 0.564. The lowest BCUT2D eigenvalue weighted by Crippen LogP contribution is -1.99. The SMILES string of the molecule is C#CCC1=CC(C)CCC1. The van der Waals surface area contributed by atoms with Crippen molar-refractivity contribution >= 4 is 0 Å². The minimum atomic E-state index is 0.761. The van der Waals surface area contributed by atoms with Gasteiger partial charge in [-0.15, -0.1) is 12.3 Å². The predicted molar refractivity (Wildman–Crippen MR) is 44.5 cm³/mol. The third kappa shape index (κ3) is 1.92. The maximum absolute atomic E-state index is 5.21. The molecule has 0 aromatic heterocycles. The monoisotopic (exact) mass is 134 g/mol. The van der Waals surface area contributed by atoms with Gasteiger partial charge in [0.1, 0.15) is 0 Å². The molecule has 0 fully saturated rings. The second-order valence-corrected chi connectivity index (χ2v) is 3.08. The molecule has 1 unspecified atom stereocenters. The first kappa shape index (κ1) is 7.41. The second-order valence-electron chi connectivity index (χ2n) is 3.08. The molecule has 54 valence electrons. The van der Waals surface area contributed by atoms with Gasteiger partial charge < -0.3 is 0 Å². The molecular formula is C10H14. The minimum Gasteiger partial charge on any atom is -0.120 e. The van der Waals surface area contributed by atoms with E-state index in [1.807, 2.05) is 0 Å². The van der Waals surface area contributed by atoms with Crippen molar-refractivity contribution in [3.63, 3.8) is 0 Å². The summed E-state index contributed by atoms with van der Waals surface area (Å²) < 4.78 is 0. The molecule has 0 N–H and O–H groups in total. The zero-order valence-electron chi connectivity index (χ0n) is 6.56. The molecule has 1 atom stereocenters. The molecule has 0 saturated heterocycles. The molecule has 0 bridgehead atoms. The average molecular weight is 134 g/mol. The third-order valence-corrected chi connectivity index (χ3v) is 2.01. The standard InChI is InChI=1S/C10H14/c1-3-5-10-7-4-6-9(2)8-10/h1,8-9H,4-7H2,2H3. The highest BCUT2D eigenvalue weighted by molar-refractivity contribution is 5.13. The Morgan fingerprint density at radius 3 is 3.20 bits per heavy atom. The summed E-state index contributed by atoms with van der Waals surface area (Å²) in [6.45, 7) is 2.26. The van der Waals surface area contributed by atoms with Gasteiger partial charge in [-0.2, -0.15) is 0 Å². The second kappa shape index (κ2) is 3.46. The quantitative estimate of drug-likeness (QED) is 0.382. The van der Waals surface area contributed by atoms with Gasteiger partial charge >= 0.3 is 0 Å². The van der Waals surface area contributed by atoms with Crippen LogP contribution in [0.25, 0.3) is 0 Å². The Morgan fingerprint density at radius 2 is 2.60 bits per heavy atom. The zero-order valence-corrected chi connectivity index (χ0v) is 6.56. The fraction of sp³-hybridized carbons (Fsp3) is 0.600. The van der Waals surface area contributed by atoms with Crippen LogP contribution in [0.1, 0.15) is 32.6 Å². The summed E-state index contributed by atoms with van der Waals surface area (Å²) in [5.74, 6) is 3.45. The van der Waals surface area contributed by atoms with Crippen molar-refractivity contribution in [2.75, 3.05) is 0 Å². The van der Waals surface area contributed by atoms with Crippen LogP contribution >= 0.6 is 0 Å². The Bertz CT molecular complexity index is 169. The summed E-state index contributed by atoms with van der Waals surface area (Å²) in [5, 5.41) is 0. The van der Waals surface area contributed by atoms with Crippen molar-refractivity contribution in [2.45, 2.75) is 32.6 Å². The van der Waals surface area contributed by atoms with E-state index < -0.39 is 0 Å². The van der Waals surface area contributed by atoms with Crippen LogP contribution in [-0.2, 0) is 0 Å². The molecule has 0 aromatic rings. The normalized spacial score (nSPS) is 25.2. The molecule has 0 spiro atoms. The highest BCUT2D eigenvalue weighted by Crippen LogP contribution is 2.23. The van der Waals surface area contributed by atoms with Gasteiger partial charge in [0.15, 0.2) is 0 Å². The van der Waals surface area contributed by atoms with E-state index in [4.69, 9.17) is 6.42 Å². The van der Waals surface area contributed by atoms with Gasteiger partial charge in [-0.05, 0) is 25.2 Å². The highest BCUT2D eigenvalue weighted by atomic mass is 14.1. The zero-order chi connectivity index (χ0) is 7.40. The van der Waals surface area contributed by atoms with Gasteiger partial charge in [-0.25, -0.2) is 0 Å². The summed E-state index contributed by atoms with van der Waals surface area (Å²) in [5.41, 5.74) is 1.47. The molecule has 1 aliphatic carbocycles. The first-order valence-corrected chi connectivity index (χ1v) is 3.96. The Labute approximate surface area is 63.3 Å². The van der Waals surface area contributed by atoms with E-state index in [9.17, 15) is 0 Å². The smallest absolute Gasteiger partial charge is 0.0296 e. The topological polar surface area (TPSA) is 0 Å². The van der Waals surface area contributed by atoms with Crippen LogP contribution in [0.5, 0.6) is 0 Å². The summed E-state index contributed by atoms with van der Waals surface area (Å²) in [6.07, 6.45) is 12.3. The molecule has 0 saturated carbocycles. The molecule has 0 nitrogen and oxygen atoms in total. The summed E-state index contributed by atoms with van der Waals surface area (Å²) >= 11 is 0. The lowest BCUT2D eigenvalue weighted by atomic mass is 9.90. The minimum absolute atomic E-state index is 0.761. The van der Waals surface area contributed by atoms with Crippen LogP contribution in [0.3, 0.4) is 0 Å². The van der Waals surface area contributed by atoms with Crippen LogP contribution in [0.4, 0.5) is 0 Å². The molecular weight excluding hydrogens is 120 g/mol. The fourth-order valence-electron chi connectivity index (χ4n) is 1.50. The van der Waals surface area contributed by atoms with Gasteiger partial charge in [0.25, 0.3) is 0 Å². The molecule has 1 rings (SSSR count). The molecule has 0 heterocycles. The first-order chi connectivity index (χ1) is 4.83. The Kier molecular flexibility index (Phi) is 2.57. The number of hydrogen-bond donors (Lipinski definition) is 0. The van der Waals surface area contributed by atoms with Crippen LogP contribution in [-0.4, -0.2) is 0 Å². The molecule has 10 heavy (non-hydrogen) atoms. The molecule has 0 heteroatoms. The van der Waals surface area contributed by atoms with E-state index in [0.29, 0.717) is 0 Å². The molecule has 0 aromatic carbocycles. The van der Waals surface area contributed by atoms with E-state index in [1.165, 1.54) is 24.8 Å². The van der Waals surface area contributed by atoms with E-state index in [-0.39, 0.29) is 0 Å². The fourth-order valence-corrected chi connectivity index (χ4v) is 1.50. The van der Waals surface area contributed by atoms with E-state index in [1.54, 1.807) is 0 Å². The van der Waals surface area contributed by atoms with E-state index in [0.717, 1.165) is 12.3 Å². The number of rotatable bonds is 1. The molecule has 0 aliphatic heterocycles. The lowest BCUT2D eigenvalue weighted by Gasteiger charge is -2.15. The van der Waals surface area contributed by atoms with E-state index in [2.05, 4.69) is 18.9 Å². The maximum atomic E-state index is 5.21. The molecule has 1 aliphatic rings. The Morgan fingerprint density at radius 1 is 1.80 bits per heavy atom. The van der Waals surface area contributed by atoms with Crippen LogP contribution in [0.15, 0.2) is 11.6 Å². The van der Waals surface area contributed by atoms with Gasteiger partial charge in [0.05, 0.1) is 0 Å². The largest absolute Gasteiger partial charge is 0.120 e. The average Bonchev–Trinajstić information content (AvgIpc) is 1.88. The molecule has 0 radical (unpaired) electrons. The summed E-state index contributed by atoms with van der Waals surface area (Å²) in [6, 6.07) is 0. The van der Waals surface area contributed by atoms with Crippen LogP contribution in [0, 0.1) is 18.3 Å². The van der Waals surface area contributed by atoms with E-state index >= 15 is 0 Å². The predicted octanol–water partition coefficient (Wildman–Crippen LogP) is 2.76. The van der Waals surface area contributed by atoms with Crippen molar-refractivity contribution in [1.29, 1.82) is 0 Å². The van der Waals surface area contributed by atoms with Crippen LogP contribution < -0.4 is 0 Å². The Hall–Kier alpha value is -0.700.